The molecule has 1 aromatic carbocycles. The van der Waals surface area contributed by atoms with E-state index in [1.165, 1.54) is 6.07 Å². The van der Waals surface area contributed by atoms with Crippen molar-refractivity contribution in [1.29, 1.82) is 0 Å². The van der Waals surface area contributed by atoms with E-state index in [-0.39, 0.29) is 18.4 Å². The Morgan fingerprint density at radius 1 is 1.32 bits per heavy atom. The summed E-state index contributed by atoms with van der Waals surface area (Å²) in [6.07, 6.45) is 2.74. The van der Waals surface area contributed by atoms with Crippen molar-refractivity contribution < 1.29 is 18.3 Å². The maximum Gasteiger partial charge on any atom is 0.270 e. The quantitative estimate of drug-likeness (QED) is 0.915. The molecule has 1 saturated heterocycles. The molecular weight excluding hydrogens is 252 g/mol. The molecule has 1 atom stereocenters. The van der Waals surface area contributed by atoms with Crippen LogP contribution in [-0.4, -0.2) is 19.4 Å². The van der Waals surface area contributed by atoms with E-state index in [0.717, 1.165) is 26.3 Å². The van der Waals surface area contributed by atoms with Gasteiger partial charge in [-0.05, 0) is 43.5 Å². The molecule has 1 N–H and O–H groups in total. The zero-order valence-corrected chi connectivity index (χ0v) is 10.8. The number of nitrogens with one attached hydrogen (secondary N) is 1. The number of hydrogen-bond donors (Lipinski definition) is 1. The molecule has 0 aromatic heterocycles. The van der Waals surface area contributed by atoms with E-state index in [1.54, 1.807) is 6.07 Å². The molecule has 0 spiro atoms. The minimum atomic E-state index is -2.87. The molecular formula is C14H17F2NO2. The molecule has 0 amide bonds. The zero-order chi connectivity index (χ0) is 13.5. The van der Waals surface area contributed by atoms with Crippen molar-refractivity contribution in [2.45, 2.75) is 38.2 Å². The first-order chi connectivity index (χ1) is 9.04. The third-order valence-electron chi connectivity index (χ3n) is 3.70. The lowest BCUT2D eigenvalue weighted by Gasteiger charge is -2.19. The Labute approximate surface area is 110 Å². The normalized spacial score (nSPS) is 21.9. The molecule has 2 aliphatic heterocycles. The van der Waals surface area contributed by atoms with Gasteiger partial charge >= 0.3 is 0 Å². The molecule has 2 heterocycles. The summed E-state index contributed by atoms with van der Waals surface area (Å²) in [5.74, 6) is -1.88. The van der Waals surface area contributed by atoms with Gasteiger partial charge in [-0.3, -0.25) is 0 Å². The Kier molecular flexibility index (Phi) is 3.09. The van der Waals surface area contributed by atoms with E-state index in [9.17, 15) is 8.78 Å². The standard InChI is InChI=1S/C14H17F2NO2/c1-14(15,16)11-7-13-12(18-8-19-13)6-9(11)5-10-3-2-4-17-10/h6-7,10,17H,2-5,8H2,1H3. The fraction of sp³-hybridized carbons (Fsp3) is 0.571. The van der Waals surface area contributed by atoms with Crippen molar-refractivity contribution in [3.63, 3.8) is 0 Å². The molecule has 0 bridgehead atoms. The van der Waals surface area contributed by atoms with Crippen LogP contribution in [0.15, 0.2) is 12.1 Å². The van der Waals surface area contributed by atoms with Gasteiger partial charge in [-0.2, -0.15) is 0 Å². The van der Waals surface area contributed by atoms with Gasteiger partial charge in [0.15, 0.2) is 11.5 Å². The van der Waals surface area contributed by atoms with Crippen LogP contribution in [-0.2, 0) is 12.3 Å². The van der Waals surface area contributed by atoms with Gasteiger partial charge in [0.05, 0.1) is 0 Å². The Bertz CT molecular complexity index is 479. The maximum atomic E-state index is 13.7. The van der Waals surface area contributed by atoms with E-state index in [1.807, 2.05) is 0 Å². The third kappa shape index (κ3) is 2.52. The van der Waals surface area contributed by atoms with Crippen LogP contribution in [0, 0.1) is 0 Å². The molecule has 1 fully saturated rings. The van der Waals surface area contributed by atoms with E-state index in [4.69, 9.17) is 9.47 Å². The van der Waals surface area contributed by atoms with Crippen molar-refractivity contribution in [1.82, 2.24) is 5.32 Å². The summed E-state index contributed by atoms with van der Waals surface area (Å²) in [6.45, 7) is 2.00. The van der Waals surface area contributed by atoms with Crippen molar-refractivity contribution >= 4 is 0 Å². The first-order valence-corrected chi connectivity index (χ1v) is 6.58. The Morgan fingerprint density at radius 3 is 2.68 bits per heavy atom. The molecule has 0 radical (unpaired) electrons. The Balaban J connectivity index is 1.95. The fourth-order valence-corrected chi connectivity index (χ4v) is 2.76. The van der Waals surface area contributed by atoms with Crippen LogP contribution in [0.5, 0.6) is 11.5 Å². The molecule has 1 unspecified atom stereocenters. The van der Waals surface area contributed by atoms with Crippen LogP contribution >= 0.6 is 0 Å². The SMILES string of the molecule is CC(F)(F)c1cc2c(cc1CC1CCCN1)OCO2. The molecule has 2 aliphatic rings. The second-order valence-corrected chi connectivity index (χ2v) is 5.25. The fourth-order valence-electron chi connectivity index (χ4n) is 2.76. The van der Waals surface area contributed by atoms with Crippen LogP contribution < -0.4 is 14.8 Å². The molecule has 3 nitrogen and oxygen atoms in total. The van der Waals surface area contributed by atoms with Gasteiger partial charge in [0, 0.05) is 18.5 Å². The first kappa shape index (κ1) is 12.7. The Hall–Kier alpha value is -1.36. The number of halogens is 2. The highest BCUT2D eigenvalue weighted by Gasteiger charge is 2.31. The molecule has 0 aliphatic carbocycles. The van der Waals surface area contributed by atoms with Gasteiger partial charge in [0.1, 0.15) is 0 Å². The average molecular weight is 269 g/mol. The minimum Gasteiger partial charge on any atom is -0.454 e. The number of ether oxygens (including phenoxy) is 2. The topological polar surface area (TPSA) is 30.5 Å². The minimum absolute atomic E-state index is 0.0467. The molecule has 1 aromatic rings. The second kappa shape index (κ2) is 4.63. The zero-order valence-electron chi connectivity index (χ0n) is 10.8. The molecule has 0 saturated carbocycles. The van der Waals surface area contributed by atoms with Gasteiger partial charge < -0.3 is 14.8 Å². The van der Waals surface area contributed by atoms with Gasteiger partial charge in [-0.1, -0.05) is 0 Å². The molecule has 5 heteroatoms. The van der Waals surface area contributed by atoms with Crippen molar-refractivity contribution in [2.75, 3.05) is 13.3 Å². The number of alkyl halides is 2. The summed E-state index contributed by atoms with van der Waals surface area (Å²) in [5.41, 5.74) is 0.696. The van der Waals surface area contributed by atoms with Crippen LogP contribution in [0.25, 0.3) is 0 Å². The maximum absolute atomic E-state index is 13.7. The van der Waals surface area contributed by atoms with E-state index >= 15 is 0 Å². The van der Waals surface area contributed by atoms with Crippen molar-refractivity contribution in [2.24, 2.45) is 0 Å². The van der Waals surface area contributed by atoms with Crippen LogP contribution in [0.1, 0.15) is 30.9 Å². The smallest absolute Gasteiger partial charge is 0.270 e. The van der Waals surface area contributed by atoms with Crippen LogP contribution in [0.3, 0.4) is 0 Å². The van der Waals surface area contributed by atoms with Crippen molar-refractivity contribution in [3.05, 3.63) is 23.3 Å². The van der Waals surface area contributed by atoms with Crippen molar-refractivity contribution in [3.8, 4) is 11.5 Å². The monoisotopic (exact) mass is 269 g/mol. The molecule has 3 rings (SSSR count). The number of benzene rings is 1. The number of rotatable bonds is 3. The van der Waals surface area contributed by atoms with Crippen LogP contribution in [0.2, 0.25) is 0 Å². The summed E-state index contributed by atoms with van der Waals surface area (Å²) in [6, 6.07) is 3.41. The number of fused-ring (bicyclic) bond motifs is 1. The lowest BCUT2D eigenvalue weighted by molar-refractivity contribution is 0.0163. The van der Waals surface area contributed by atoms with E-state index in [0.29, 0.717) is 23.5 Å². The van der Waals surface area contributed by atoms with E-state index < -0.39 is 5.92 Å². The number of hydrogen-bond acceptors (Lipinski definition) is 3. The first-order valence-electron chi connectivity index (χ1n) is 6.58. The summed E-state index contributed by atoms with van der Waals surface area (Å²) in [5, 5.41) is 3.33. The summed E-state index contributed by atoms with van der Waals surface area (Å²) < 4.78 is 38.0. The highest BCUT2D eigenvalue weighted by Crippen LogP contribution is 2.41. The van der Waals surface area contributed by atoms with Gasteiger partial charge in [-0.25, -0.2) is 8.78 Å². The summed E-state index contributed by atoms with van der Waals surface area (Å²) in [7, 11) is 0. The average Bonchev–Trinajstić information content (AvgIpc) is 2.96. The molecule has 19 heavy (non-hydrogen) atoms. The highest BCUT2D eigenvalue weighted by molar-refractivity contribution is 5.50. The predicted molar refractivity (Wildman–Crippen MR) is 66.9 cm³/mol. The second-order valence-electron chi connectivity index (χ2n) is 5.25. The lowest BCUT2D eigenvalue weighted by Crippen LogP contribution is -2.25. The molecule has 104 valence electrons. The van der Waals surface area contributed by atoms with Crippen LogP contribution in [0.4, 0.5) is 8.78 Å². The highest BCUT2D eigenvalue weighted by atomic mass is 19.3. The summed E-state index contributed by atoms with van der Waals surface area (Å²) >= 11 is 0. The lowest BCUT2D eigenvalue weighted by atomic mass is 9.95. The largest absolute Gasteiger partial charge is 0.454 e. The third-order valence-corrected chi connectivity index (χ3v) is 3.70. The van der Waals surface area contributed by atoms with Gasteiger partial charge in [0.2, 0.25) is 6.79 Å². The predicted octanol–water partition coefficient (Wildman–Crippen LogP) is 2.82. The summed E-state index contributed by atoms with van der Waals surface area (Å²) in [4.78, 5) is 0. The van der Waals surface area contributed by atoms with E-state index in [2.05, 4.69) is 5.32 Å². The Morgan fingerprint density at radius 2 is 2.05 bits per heavy atom. The van der Waals surface area contributed by atoms with Gasteiger partial charge in [-0.15, -0.1) is 0 Å². The van der Waals surface area contributed by atoms with Gasteiger partial charge in [0.25, 0.3) is 5.92 Å².